The van der Waals surface area contributed by atoms with Crippen LogP contribution in [-0.4, -0.2) is 33.4 Å². The number of amides is 1. The highest BCUT2D eigenvalue weighted by Gasteiger charge is 2.21. The van der Waals surface area contributed by atoms with Gasteiger partial charge in [-0.3, -0.25) is 9.59 Å². The third kappa shape index (κ3) is 3.45. The second-order valence-corrected chi connectivity index (χ2v) is 5.31. The van der Waals surface area contributed by atoms with Crippen LogP contribution in [0.15, 0.2) is 29.0 Å². The van der Waals surface area contributed by atoms with E-state index in [4.69, 9.17) is 9.52 Å². The highest BCUT2D eigenvalue weighted by molar-refractivity contribution is 7.11. The van der Waals surface area contributed by atoms with Gasteiger partial charge in [-0.15, -0.1) is 11.3 Å². The van der Waals surface area contributed by atoms with Crippen LogP contribution in [-0.2, 0) is 17.8 Å². The molecule has 0 atom stereocenters. The minimum atomic E-state index is -1.06. The monoisotopic (exact) mass is 294 g/mol. The number of carbonyl (C=O) groups excluding carboxylic acids is 1. The van der Waals surface area contributed by atoms with Gasteiger partial charge in [0.15, 0.2) is 5.76 Å². The Labute approximate surface area is 119 Å². The number of furan rings is 1. The number of hydrogen-bond donors (Lipinski definition) is 1. The van der Waals surface area contributed by atoms with Crippen molar-refractivity contribution in [2.45, 2.75) is 19.9 Å². The summed E-state index contributed by atoms with van der Waals surface area (Å²) in [4.78, 5) is 29.4. The molecule has 0 spiro atoms. The van der Waals surface area contributed by atoms with Crippen molar-refractivity contribution in [1.82, 2.24) is 9.88 Å². The summed E-state index contributed by atoms with van der Waals surface area (Å²) in [6, 6.07) is 3.11. The van der Waals surface area contributed by atoms with E-state index in [1.807, 2.05) is 6.92 Å². The van der Waals surface area contributed by atoms with E-state index in [2.05, 4.69) is 4.98 Å². The van der Waals surface area contributed by atoms with Crippen LogP contribution in [0.5, 0.6) is 0 Å². The van der Waals surface area contributed by atoms with Crippen LogP contribution in [0.2, 0.25) is 0 Å². The zero-order chi connectivity index (χ0) is 14.5. The Morgan fingerprint density at radius 3 is 2.85 bits per heavy atom. The number of nitrogens with zero attached hydrogens (tertiary/aromatic N) is 2. The quantitative estimate of drug-likeness (QED) is 0.881. The van der Waals surface area contributed by atoms with Crippen molar-refractivity contribution < 1.29 is 19.1 Å². The van der Waals surface area contributed by atoms with Crippen LogP contribution in [0.3, 0.4) is 0 Å². The predicted molar refractivity (Wildman–Crippen MR) is 72.6 cm³/mol. The number of aryl methyl sites for hydroxylation is 1. The molecule has 0 aliphatic carbocycles. The van der Waals surface area contributed by atoms with Crippen LogP contribution < -0.4 is 0 Å². The first-order valence-electron chi connectivity index (χ1n) is 6.08. The second-order valence-electron chi connectivity index (χ2n) is 4.11. The summed E-state index contributed by atoms with van der Waals surface area (Å²) in [6.07, 6.45) is 3.87. The molecule has 6 nitrogen and oxygen atoms in total. The summed E-state index contributed by atoms with van der Waals surface area (Å²) in [5.41, 5.74) is 0. The number of carboxylic acid groups (broad SMARTS) is 1. The van der Waals surface area contributed by atoms with Gasteiger partial charge in [-0.2, -0.15) is 0 Å². The van der Waals surface area contributed by atoms with E-state index in [0.29, 0.717) is 0 Å². The molecule has 0 saturated heterocycles. The van der Waals surface area contributed by atoms with Crippen LogP contribution in [0.4, 0.5) is 0 Å². The number of thiazole rings is 1. The van der Waals surface area contributed by atoms with Gasteiger partial charge in [0, 0.05) is 11.1 Å². The van der Waals surface area contributed by atoms with Gasteiger partial charge in [-0.25, -0.2) is 4.98 Å². The number of carbonyl (C=O) groups is 2. The number of aliphatic carboxylic acids is 1. The van der Waals surface area contributed by atoms with Crippen LogP contribution in [0.1, 0.15) is 27.4 Å². The molecule has 2 heterocycles. The lowest BCUT2D eigenvalue weighted by Crippen LogP contribution is -2.34. The average molecular weight is 294 g/mol. The van der Waals surface area contributed by atoms with Gasteiger partial charge in [0.2, 0.25) is 0 Å². The van der Waals surface area contributed by atoms with Crippen molar-refractivity contribution in [2.75, 3.05) is 6.54 Å². The van der Waals surface area contributed by atoms with Gasteiger partial charge in [0.1, 0.15) is 6.54 Å². The molecular formula is C13H14N2O4S. The van der Waals surface area contributed by atoms with Gasteiger partial charge in [0.25, 0.3) is 5.91 Å². The van der Waals surface area contributed by atoms with Crippen molar-refractivity contribution in [1.29, 1.82) is 0 Å². The van der Waals surface area contributed by atoms with E-state index in [1.165, 1.54) is 28.6 Å². The normalized spacial score (nSPS) is 10.4. The second kappa shape index (κ2) is 6.33. The zero-order valence-corrected chi connectivity index (χ0v) is 11.7. The Kier molecular flexibility index (Phi) is 4.52. The summed E-state index contributed by atoms with van der Waals surface area (Å²) in [7, 11) is 0. The van der Waals surface area contributed by atoms with Crippen molar-refractivity contribution in [3.05, 3.63) is 40.2 Å². The highest BCUT2D eigenvalue weighted by atomic mass is 32.1. The fraction of sp³-hybridized carbons (Fsp3) is 0.308. The Bertz CT molecular complexity index is 591. The number of rotatable bonds is 6. The standard InChI is InChI=1S/C13H14N2O4S/c1-2-11-14-6-9(20-11)7-15(8-12(16)17)13(18)10-4-3-5-19-10/h3-6H,2,7-8H2,1H3,(H,16,17). The molecule has 0 unspecified atom stereocenters. The summed E-state index contributed by atoms with van der Waals surface area (Å²) in [5.74, 6) is -1.37. The summed E-state index contributed by atoms with van der Waals surface area (Å²) < 4.78 is 5.03. The summed E-state index contributed by atoms with van der Waals surface area (Å²) in [5, 5.41) is 9.88. The maximum Gasteiger partial charge on any atom is 0.323 e. The first-order valence-corrected chi connectivity index (χ1v) is 6.90. The molecule has 2 aromatic heterocycles. The zero-order valence-electron chi connectivity index (χ0n) is 10.9. The lowest BCUT2D eigenvalue weighted by atomic mass is 10.3. The molecular weight excluding hydrogens is 280 g/mol. The molecule has 0 aliphatic rings. The van der Waals surface area contributed by atoms with Gasteiger partial charge < -0.3 is 14.4 Å². The lowest BCUT2D eigenvalue weighted by Gasteiger charge is -2.18. The molecule has 0 bridgehead atoms. The van der Waals surface area contributed by atoms with Crippen LogP contribution >= 0.6 is 11.3 Å². The topological polar surface area (TPSA) is 83.6 Å². The maximum atomic E-state index is 12.2. The molecule has 106 valence electrons. The number of hydrogen-bond acceptors (Lipinski definition) is 5. The Morgan fingerprint density at radius 1 is 1.50 bits per heavy atom. The van der Waals surface area contributed by atoms with E-state index < -0.39 is 11.9 Å². The van der Waals surface area contributed by atoms with E-state index in [-0.39, 0.29) is 18.8 Å². The highest BCUT2D eigenvalue weighted by Crippen LogP contribution is 2.17. The van der Waals surface area contributed by atoms with Gasteiger partial charge in [-0.05, 0) is 18.6 Å². The van der Waals surface area contributed by atoms with E-state index in [0.717, 1.165) is 16.3 Å². The molecule has 1 N–H and O–H groups in total. The fourth-order valence-corrected chi connectivity index (χ4v) is 2.57. The molecule has 1 amide bonds. The largest absolute Gasteiger partial charge is 0.480 e. The molecule has 7 heteroatoms. The van der Waals surface area contributed by atoms with Gasteiger partial charge >= 0.3 is 5.97 Å². The van der Waals surface area contributed by atoms with Crippen molar-refractivity contribution in [2.24, 2.45) is 0 Å². The molecule has 0 aromatic carbocycles. The van der Waals surface area contributed by atoms with Gasteiger partial charge in [0.05, 0.1) is 17.8 Å². The third-order valence-electron chi connectivity index (χ3n) is 2.60. The Hall–Kier alpha value is -2.15. The van der Waals surface area contributed by atoms with Crippen LogP contribution in [0, 0.1) is 0 Å². The molecule has 2 aromatic rings. The summed E-state index contributed by atoms with van der Waals surface area (Å²) >= 11 is 1.47. The first-order chi connectivity index (χ1) is 9.60. The maximum absolute atomic E-state index is 12.2. The molecule has 0 aliphatic heterocycles. The van der Waals surface area contributed by atoms with Crippen molar-refractivity contribution in [3.63, 3.8) is 0 Å². The molecule has 0 radical (unpaired) electrons. The van der Waals surface area contributed by atoms with E-state index in [9.17, 15) is 9.59 Å². The first kappa shape index (κ1) is 14.3. The van der Waals surface area contributed by atoms with E-state index in [1.54, 1.807) is 12.3 Å². The number of aromatic nitrogens is 1. The third-order valence-corrected chi connectivity index (χ3v) is 3.72. The molecule has 0 fully saturated rings. The average Bonchev–Trinajstić information content (AvgIpc) is 3.07. The van der Waals surface area contributed by atoms with Gasteiger partial charge in [-0.1, -0.05) is 6.92 Å². The Morgan fingerprint density at radius 2 is 2.30 bits per heavy atom. The molecule has 2 rings (SSSR count). The summed E-state index contributed by atoms with van der Waals surface area (Å²) in [6.45, 7) is 1.83. The minimum Gasteiger partial charge on any atom is -0.480 e. The fourth-order valence-electron chi connectivity index (χ4n) is 1.69. The predicted octanol–water partition coefficient (Wildman–Crippen LogP) is 2.03. The van der Waals surface area contributed by atoms with E-state index >= 15 is 0 Å². The van der Waals surface area contributed by atoms with Crippen LogP contribution in [0.25, 0.3) is 0 Å². The van der Waals surface area contributed by atoms with Crippen molar-refractivity contribution >= 4 is 23.2 Å². The molecule has 20 heavy (non-hydrogen) atoms. The molecule has 0 saturated carbocycles. The van der Waals surface area contributed by atoms with Crippen molar-refractivity contribution in [3.8, 4) is 0 Å². The number of carboxylic acids is 1. The lowest BCUT2D eigenvalue weighted by molar-refractivity contribution is -0.137. The SMILES string of the molecule is CCc1ncc(CN(CC(=O)O)C(=O)c2ccco2)s1. The minimum absolute atomic E-state index is 0.131. The smallest absolute Gasteiger partial charge is 0.323 e. The Balaban J connectivity index is 2.15.